The van der Waals surface area contributed by atoms with Gasteiger partial charge in [0.2, 0.25) is 5.91 Å². The molecule has 3 N–H and O–H groups in total. The number of carboxylic acid groups (broad SMARTS) is 1. The third-order valence-electron chi connectivity index (χ3n) is 5.80. The van der Waals surface area contributed by atoms with Crippen molar-refractivity contribution in [3.63, 3.8) is 0 Å². The Morgan fingerprint density at radius 2 is 1.51 bits per heavy atom. The number of carbonyl (C=O) groups is 3. The number of hydrogen-bond acceptors (Lipinski definition) is 4. The molecule has 2 unspecified atom stereocenters. The van der Waals surface area contributed by atoms with Crippen LogP contribution in [0.25, 0.3) is 11.1 Å². The van der Waals surface area contributed by atoms with Crippen molar-refractivity contribution in [2.45, 2.75) is 58.0 Å². The smallest absolute Gasteiger partial charge is 0.407 e. The maximum Gasteiger partial charge on any atom is 0.407 e. The van der Waals surface area contributed by atoms with Gasteiger partial charge in [-0.3, -0.25) is 9.59 Å². The van der Waals surface area contributed by atoms with Crippen LogP contribution >= 0.6 is 0 Å². The Kier molecular flexibility index (Phi) is 8.09. The lowest BCUT2D eigenvalue weighted by Gasteiger charge is -2.27. The summed E-state index contributed by atoms with van der Waals surface area (Å²) in [5, 5.41) is 13.4. The van der Waals surface area contributed by atoms with E-state index in [1.165, 1.54) is 0 Å². The Balaban J connectivity index is 1.69. The second kappa shape index (κ2) is 10.8. The van der Waals surface area contributed by atoms with Gasteiger partial charge in [0.25, 0.3) is 6.43 Å². The van der Waals surface area contributed by atoms with Crippen LogP contribution in [0.5, 0.6) is 0 Å². The van der Waals surface area contributed by atoms with Gasteiger partial charge in [-0.05, 0) is 34.1 Å². The summed E-state index contributed by atoms with van der Waals surface area (Å²) in [6, 6.07) is 12.6. The first-order chi connectivity index (χ1) is 16.5. The number of carboxylic acids is 1. The van der Waals surface area contributed by atoms with Crippen LogP contribution in [0.1, 0.15) is 50.7 Å². The van der Waals surface area contributed by atoms with Crippen molar-refractivity contribution in [1.82, 2.24) is 10.6 Å². The average molecular weight is 489 g/mol. The van der Waals surface area contributed by atoms with Gasteiger partial charge >= 0.3 is 12.1 Å². The molecule has 1 aliphatic carbocycles. The molecule has 0 spiro atoms. The van der Waals surface area contributed by atoms with Crippen molar-refractivity contribution in [2.24, 2.45) is 5.41 Å². The monoisotopic (exact) mass is 488 g/mol. The topological polar surface area (TPSA) is 105 Å². The van der Waals surface area contributed by atoms with E-state index in [9.17, 15) is 23.2 Å². The van der Waals surface area contributed by atoms with Crippen LogP contribution in [-0.2, 0) is 14.3 Å². The standard InChI is InChI=1S/C26H30F2N2O5/c1-26(2,3)13-21(24(33)29-20(23(27)28)12-22(31)32)30-25(34)35-14-19-17-10-6-4-8-15(17)16-9-5-7-11-18(16)19/h4-11,19-21,23H,12-14H2,1-3H3,(H,29,33)(H,30,34)(H,31,32). The van der Waals surface area contributed by atoms with Crippen LogP contribution in [-0.4, -0.2) is 48.2 Å². The van der Waals surface area contributed by atoms with Crippen molar-refractivity contribution in [1.29, 1.82) is 0 Å². The minimum atomic E-state index is -3.07. The Morgan fingerprint density at radius 1 is 0.971 bits per heavy atom. The summed E-state index contributed by atoms with van der Waals surface area (Å²) in [6.45, 7) is 5.51. The molecule has 2 atom stereocenters. The van der Waals surface area contributed by atoms with Crippen LogP contribution in [0.2, 0.25) is 0 Å². The Labute approximate surface area is 202 Å². The van der Waals surface area contributed by atoms with Crippen molar-refractivity contribution in [3.05, 3.63) is 59.7 Å². The lowest BCUT2D eigenvalue weighted by Crippen LogP contribution is -2.53. The molecule has 0 radical (unpaired) electrons. The number of hydrogen-bond donors (Lipinski definition) is 3. The van der Waals surface area contributed by atoms with Crippen LogP contribution < -0.4 is 10.6 Å². The second-order valence-corrected chi connectivity index (χ2v) is 9.83. The molecule has 0 aliphatic heterocycles. The van der Waals surface area contributed by atoms with Gasteiger partial charge in [0, 0.05) is 5.92 Å². The van der Waals surface area contributed by atoms with E-state index >= 15 is 0 Å². The molecule has 9 heteroatoms. The predicted molar refractivity (Wildman–Crippen MR) is 126 cm³/mol. The van der Waals surface area contributed by atoms with E-state index in [-0.39, 0.29) is 18.9 Å². The van der Waals surface area contributed by atoms with Gasteiger partial charge in [-0.1, -0.05) is 69.3 Å². The Bertz CT molecular complexity index is 1040. The van der Waals surface area contributed by atoms with E-state index in [1.54, 1.807) is 0 Å². The number of benzene rings is 2. The lowest BCUT2D eigenvalue weighted by atomic mass is 9.87. The van der Waals surface area contributed by atoms with E-state index in [2.05, 4.69) is 10.6 Å². The highest BCUT2D eigenvalue weighted by Crippen LogP contribution is 2.44. The third-order valence-corrected chi connectivity index (χ3v) is 5.80. The largest absolute Gasteiger partial charge is 0.481 e. The first kappa shape index (κ1) is 26.1. The molecule has 0 saturated heterocycles. The van der Waals surface area contributed by atoms with Crippen LogP contribution in [0.15, 0.2) is 48.5 Å². The molecule has 2 aromatic rings. The summed E-state index contributed by atoms with van der Waals surface area (Å²) in [7, 11) is 0. The molecule has 188 valence electrons. The normalized spacial score (nSPS) is 14.6. The first-order valence-corrected chi connectivity index (χ1v) is 11.4. The quantitative estimate of drug-likeness (QED) is 0.480. The summed E-state index contributed by atoms with van der Waals surface area (Å²) in [4.78, 5) is 36.3. The number of alkyl halides is 2. The maximum absolute atomic E-state index is 13.2. The summed E-state index contributed by atoms with van der Waals surface area (Å²) >= 11 is 0. The van der Waals surface area contributed by atoms with Crippen molar-refractivity contribution < 1.29 is 33.0 Å². The van der Waals surface area contributed by atoms with Crippen molar-refractivity contribution >= 4 is 18.0 Å². The van der Waals surface area contributed by atoms with Gasteiger partial charge in [0.15, 0.2) is 0 Å². The zero-order valence-corrected chi connectivity index (χ0v) is 19.9. The van der Waals surface area contributed by atoms with Gasteiger partial charge in [-0.2, -0.15) is 0 Å². The predicted octanol–water partition coefficient (Wildman–Crippen LogP) is 4.55. The minimum Gasteiger partial charge on any atom is -0.481 e. The molecule has 35 heavy (non-hydrogen) atoms. The summed E-state index contributed by atoms with van der Waals surface area (Å²) in [5.74, 6) is -2.53. The number of rotatable bonds is 9. The molecular weight excluding hydrogens is 458 g/mol. The Hall–Kier alpha value is -3.49. The summed E-state index contributed by atoms with van der Waals surface area (Å²) in [6.07, 6.45) is -4.73. The second-order valence-electron chi connectivity index (χ2n) is 9.83. The molecule has 1 aliphatic rings. The molecule has 7 nitrogen and oxygen atoms in total. The fourth-order valence-corrected chi connectivity index (χ4v) is 4.28. The number of amides is 2. The number of nitrogens with one attached hydrogen (secondary N) is 2. The van der Waals surface area contributed by atoms with E-state index in [1.807, 2.05) is 69.3 Å². The van der Waals surface area contributed by atoms with E-state index < -0.39 is 48.3 Å². The summed E-state index contributed by atoms with van der Waals surface area (Å²) in [5.41, 5.74) is 3.75. The van der Waals surface area contributed by atoms with E-state index in [0.717, 1.165) is 22.3 Å². The van der Waals surface area contributed by atoms with Gasteiger partial charge in [0.05, 0.1) is 6.42 Å². The minimum absolute atomic E-state index is 0.0301. The number of fused-ring (bicyclic) bond motifs is 3. The van der Waals surface area contributed by atoms with Crippen molar-refractivity contribution in [3.8, 4) is 11.1 Å². The van der Waals surface area contributed by atoms with Gasteiger partial charge in [-0.15, -0.1) is 0 Å². The lowest BCUT2D eigenvalue weighted by molar-refractivity contribution is -0.139. The van der Waals surface area contributed by atoms with Crippen LogP contribution in [0.3, 0.4) is 0 Å². The van der Waals surface area contributed by atoms with E-state index in [0.29, 0.717) is 0 Å². The highest BCUT2D eigenvalue weighted by Gasteiger charge is 2.33. The molecule has 2 aromatic carbocycles. The molecule has 0 aromatic heterocycles. The molecule has 3 rings (SSSR count). The first-order valence-electron chi connectivity index (χ1n) is 11.4. The maximum atomic E-state index is 13.2. The molecule has 0 fully saturated rings. The number of ether oxygens (including phenoxy) is 1. The zero-order chi connectivity index (χ0) is 25.8. The fraction of sp³-hybridized carbons (Fsp3) is 0.423. The third kappa shape index (κ3) is 6.77. The average Bonchev–Trinajstić information content (AvgIpc) is 3.09. The van der Waals surface area contributed by atoms with Gasteiger partial charge < -0.3 is 20.5 Å². The number of alkyl carbamates (subject to hydrolysis) is 1. The molecule has 2 amide bonds. The molecule has 0 bridgehead atoms. The van der Waals surface area contributed by atoms with Crippen LogP contribution in [0, 0.1) is 5.41 Å². The SMILES string of the molecule is CC(C)(C)CC(NC(=O)OCC1c2ccccc2-c2ccccc21)C(=O)NC(CC(=O)O)C(F)F. The summed E-state index contributed by atoms with van der Waals surface area (Å²) < 4.78 is 31.9. The highest BCUT2D eigenvalue weighted by atomic mass is 19.3. The number of aliphatic carboxylic acids is 1. The fourth-order valence-electron chi connectivity index (χ4n) is 4.28. The van der Waals surface area contributed by atoms with Crippen LogP contribution in [0.4, 0.5) is 13.6 Å². The van der Waals surface area contributed by atoms with Gasteiger partial charge in [0.1, 0.15) is 18.7 Å². The number of carbonyl (C=O) groups excluding carboxylic acids is 2. The van der Waals surface area contributed by atoms with Gasteiger partial charge in [-0.25, -0.2) is 13.6 Å². The Morgan fingerprint density at radius 3 is 2.00 bits per heavy atom. The molecular formula is C26H30F2N2O5. The highest BCUT2D eigenvalue weighted by molar-refractivity contribution is 5.86. The van der Waals surface area contributed by atoms with Crippen molar-refractivity contribution in [2.75, 3.05) is 6.61 Å². The zero-order valence-electron chi connectivity index (χ0n) is 19.9. The molecule has 0 saturated carbocycles. The number of halogens is 2. The molecule has 0 heterocycles. The van der Waals surface area contributed by atoms with E-state index in [4.69, 9.17) is 9.84 Å².